The molecular formula is C29H30N2O. The minimum absolute atomic E-state index is 0.107. The second-order valence-electron chi connectivity index (χ2n) is 8.96. The highest BCUT2D eigenvalue weighted by Gasteiger charge is 2.36. The zero-order valence-electron chi connectivity index (χ0n) is 18.7. The minimum Gasteiger partial charge on any atom is -0.312 e. The minimum atomic E-state index is 0.107. The molecule has 3 aromatic rings. The van der Waals surface area contributed by atoms with Crippen LogP contribution < -0.4 is 0 Å². The van der Waals surface area contributed by atoms with Crippen molar-refractivity contribution in [2.75, 3.05) is 13.6 Å². The molecule has 3 nitrogen and oxygen atoms in total. The number of carbonyl (C=O) groups is 1. The number of hydrogen-bond acceptors (Lipinski definition) is 2. The van der Waals surface area contributed by atoms with E-state index >= 15 is 0 Å². The van der Waals surface area contributed by atoms with Crippen molar-refractivity contribution >= 4 is 5.91 Å². The number of carbonyl (C=O) groups excluding carboxylic acids is 1. The summed E-state index contributed by atoms with van der Waals surface area (Å²) in [5.41, 5.74) is 5.52. The molecule has 1 saturated heterocycles. The average molecular weight is 423 g/mol. The monoisotopic (exact) mass is 422 g/mol. The Morgan fingerprint density at radius 2 is 1.53 bits per heavy atom. The predicted octanol–water partition coefficient (Wildman–Crippen LogP) is 5.79. The van der Waals surface area contributed by atoms with Gasteiger partial charge in [-0.1, -0.05) is 72.8 Å². The van der Waals surface area contributed by atoms with Gasteiger partial charge in [-0.25, -0.2) is 0 Å². The van der Waals surface area contributed by atoms with Crippen molar-refractivity contribution in [2.24, 2.45) is 0 Å². The summed E-state index contributed by atoms with van der Waals surface area (Å²) >= 11 is 0. The predicted molar refractivity (Wildman–Crippen MR) is 130 cm³/mol. The van der Waals surface area contributed by atoms with Crippen LogP contribution in [0.2, 0.25) is 0 Å². The summed E-state index contributed by atoms with van der Waals surface area (Å²) in [4.78, 5) is 18.2. The Morgan fingerprint density at radius 1 is 0.875 bits per heavy atom. The van der Waals surface area contributed by atoms with Crippen molar-refractivity contribution in [2.45, 2.75) is 37.8 Å². The van der Waals surface area contributed by atoms with Gasteiger partial charge >= 0.3 is 0 Å². The highest BCUT2D eigenvalue weighted by Crippen LogP contribution is 2.35. The highest BCUT2D eigenvalue weighted by atomic mass is 16.2. The molecule has 0 spiro atoms. The third kappa shape index (κ3) is 4.26. The second kappa shape index (κ2) is 9.13. The molecule has 32 heavy (non-hydrogen) atoms. The first-order chi connectivity index (χ1) is 15.7. The Balaban J connectivity index is 1.40. The van der Waals surface area contributed by atoms with E-state index in [1.165, 1.54) is 29.7 Å². The Kier molecular flexibility index (Phi) is 5.91. The van der Waals surface area contributed by atoms with E-state index in [-0.39, 0.29) is 5.91 Å². The maximum atomic E-state index is 13.7. The number of benzene rings is 3. The first kappa shape index (κ1) is 20.7. The van der Waals surface area contributed by atoms with E-state index in [2.05, 4.69) is 66.6 Å². The van der Waals surface area contributed by atoms with Crippen LogP contribution >= 0.6 is 0 Å². The number of hydrogen-bond donors (Lipinski definition) is 0. The van der Waals surface area contributed by atoms with Crippen LogP contribution in [-0.4, -0.2) is 41.4 Å². The molecule has 162 valence electrons. The third-order valence-electron chi connectivity index (χ3n) is 7.02. The Labute approximate surface area is 191 Å². The largest absolute Gasteiger partial charge is 0.312 e. The number of amides is 1. The van der Waals surface area contributed by atoms with Gasteiger partial charge in [0.15, 0.2) is 0 Å². The van der Waals surface area contributed by atoms with Crippen molar-refractivity contribution < 1.29 is 4.79 Å². The molecule has 0 unspecified atom stereocenters. The van der Waals surface area contributed by atoms with Crippen molar-refractivity contribution in [3.8, 4) is 11.1 Å². The third-order valence-corrected chi connectivity index (χ3v) is 7.02. The van der Waals surface area contributed by atoms with Crippen LogP contribution in [0.25, 0.3) is 11.1 Å². The molecule has 2 bridgehead atoms. The van der Waals surface area contributed by atoms with Gasteiger partial charge in [0.05, 0.1) is 0 Å². The SMILES string of the molecule is CN1[C@@H]2CC[C@@H]1C=C(N(CCc1ccccc1)C(=O)c1ccc(-c3ccccc3)cc1)C2. The van der Waals surface area contributed by atoms with Crippen LogP contribution in [0.5, 0.6) is 0 Å². The van der Waals surface area contributed by atoms with E-state index in [0.29, 0.717) is 18.6 Å². The standard InChI is InChI=1S/C29H30N2O/c1-30-26-16-17-27(30)21-28(20-26)31(19-18-22-8-4-2-5-9-22)29(32)25-14-12-24(13-15-25)23-10-6-3-7-11-23/h2-15,20,26-27H,16-19,21H2,1H3/t26-,27-/m1/s1. The lowest BCUT2D eigenvalue weighted by Crippen LogP contribution is -2.41. The van der Waals surface area contributed by atoms with Crippen LogP contribution in [0.4, 0.5) is 0 Å². The Hall–Kier alpha value is -3.17. The molecule has 0 saturated carbocycles. The Morgan fingerprint density at radius 3 is 2.22 bits per heavy atom. The molecule has 0 aliphatic carbocycles. The van der Waals surface area contributed by atoms with Crippen LogP contribution in [-0.2, 0) is 6.42 Å². The van der Waals surface area contributed by atoms with Gasteiger partial charge in [-0.05, 0) is 61.2 Å². The van der Waals surface area contributed by atoms with Crippen LogP contribution in [0.1, 0.15) is 35.2 Å². The maximum absolute atomic E-state index is 13.7. The van der Waals surface area contributed by atoms with Gasteiger partial charge in [0.25, 0.3) is 5.91 Å². The van der Waals surface area contributed by atoms with E-state index < -0.39 is 0 Å². The van der Waals surface area contributed by atoms with Gasteiger partial charge in [-0.15, -0.1) is 0 Å². The summed E-state index contributed by atoms with van der Waals surface area (Å²) in [6, 6.07) is 29.8. The van der Waals surface area contributed by atoms with Crippen LogP contribution in [0.15, 0.2) is 96.7 Å². The van der Waals surface area contributed by atoms with Gasteiger partial charge in [0.1, 0.15) is 0 Å². The molecule has 0 N–H and O–H groups in total. The molecule has 2 atom stereocenters. The summed E-state index contributed by atoms with van der Waals surface area (Å²) in [6.07, 6.45) is 6.56. The molecule has 0 radical (unpaired) electrons. The van der Waals surface area contributed by atoms with Gasteiger partial charge in [-0.2, -0.15) is 0 Å². The van der Waals surface area contributed by atoms with E-state index in [4.69, 9.17) is 0 Å². The topological polar surface area (TPSA) is 23.6 Å². The average Bonchev–Trinajstić information content (AvgIpc) is 3.05. The van der Waals surface area contributed by atoms with E-state index in [1.54, 1.807) is 0 Å². The molecule has 1 fully saturated rings. The zero-order valence-corrected chi connectivity index (χ0v) is 18.7. The fourth-order valence-corrected chi connectivity index (χ4v) is 5.07. The summed E-state index contributed by atoms with van der Waals surface area (Å²) in [5.74, 6) is 0.107. The fraction of sp³-hybridized carbons (Fsp3) is 0.276. The van der Waals surface area contributed by atoms with Crippen molar-refractivity contribution in [3.05, 3.63) is 108 Å². The quantitative estimate of drug-likeness (QED) is 0.502. The molecule has 5 rings (SSSR count). The Bertz CT molecular complexity index is 1090. The van der Waals surface area contributed by atoms with E-state index in [0.717, 1.165) is 24.0 Å². The normalized spacial score (nSPS) is 20.1. The summed E-state index contributed by atoms with van der Waals surface area (Å²) in [7, 11) is 2.22. The maximum Gasteiger partial charge on any atom is 0.258 e. The molecular weight excluding hydrogens is 392 g/mol. The molecule has 3 aromatic carbocycles. The molecule has 2 heterocycles. The molecule has 2 aliphatic heterocycles. The number of fused-ring (bicyclic) bond motifs is 2. The molecule has 0 aromatic heterocycles. The molecule has 3 heteroatoms. The molecule has 1 amide bonds. The van der Waals surface area contributed by atoms with Gasteiger partial charge in [0.2, 0.25) is 0 Å². The summed E-state index contributed by atoms with van der Waals surface area (Å²) in [6.45, 7) is 0.707. The smallest absolute Gasteiger partial charge is 0.258 e. The summed E-state index contributed by atoms with van der Waals surface area (Å²) < 4.78 is 0. The summed E-state index contributed by atoms with van der Waals surface area (Å²) in [5, 5.41) is 0. The lowest BCUT2D eigenvalue weighted by molar-refractivity contribution is 0.0787. The molecule has 2 aliphatic rings. The fourth-order valence-electron chi connectivity index (χ4n) is 5.07. The number of likely N-dealkylation sites (N-methyl/N-ethyl adjacent to an activating group) is 1. The van der Waals surface area contributed by atoms with Crippen molar-refractivity contribution in [3.63, 3.8) is 0 Å². The van der Waals surface area contributed by atoms with Gasteiger partial charge in [-0.3, -0.25) is 9.69 Å². The second-order valence-corrected chi connectivity index (χ2v) is 8.96. The van der Waals surface area contributed by atoms with Crippen molar-refractivity contribution in [1.29, 1.82) is 0 Å². The lowest BCUT2D eigenvalue weighted by Gasteiger charge is -2.35. The van der Waals surface area contributed by atoms with Gasteiger partial charge < -0.3 is 4.90 Å². The van der Waals surface area contributed by atoms with Gasteiger partial charge in [0, 0.05) is 36.3 Å². The van der Waals surface area contributed by atoms with Crippen molar-refractivity contribution in [1.82, 2.24) is 9.80 Å². The highest BCUT2D eigenvalue weighted by molar-refractivity contribution is 5.96. The van der Waals surface area contributed by atoms with Crippen LogP contribution in [0, 0.1) is 0 Å². The number of nitrogens with zero attached hydrogens (tertiary/aromatic N) is 2. The van der Waals surface area contributed by atoms with E-state index in [1.807, 2.05) is 41.3 Å². The first-order valence-corrected chi connectivity index (χ1v) is 11.6. The first-order valence-electron chi connectivity index (χ1n) is 11.6. The lowest BCUT2D eigenvalue weighted by atomic mass is 10.0. The van der Waals surface area contributed by atoms with E-state index in [9.17, 15) is 4.79 Å². The van der Waals surface area contributed by atoms with Crippen LogP contribution in [0.3, 0.4) is 0 Å². The number of rotatable bonds is 6. The zero-order chi connectivity index (χ0) is 21.9.